The number of carbonyl (C=O) groups excluding carboxylic acids is 2. The molecule has 0 saturated carbocycles. The molecule has 4 rings (SSSR count). The maximum absolute atomic E-state index is 13.3. The first kappa shape index (κ1) is 22.7. The van der Waals surface area contributed by atoms with Crippen LogP contribution in [-0.4, -0.2) is 45.6 Å². The third kappa shape index (κ3) is 5.30. The van der Waals surface area contributed by atoms with Crippen LogP contribution in [0.2, 0.25) is 0 Å². The second kappa shape index (κ2) is 9.98. The van der Waals surface area contributed by atoms with E-state index in [1.165, 1.54) is 4.90 Å². The van der Waals surface area contributed by atoms with Gasteiger partial charge in [-0.2, -0.15) is 0 Å². The highest BCUT2D eigenvalue weighted by molar-refractivity contribution is 5.99. The number of aliphatic hydroxyl groups is 2. The first-order valence-corrected chi connectivity index (χ1v) is 11.1. The highest BCUT2D eigenvalue weighted by Crippen LogP contribution is 2.25. The Morgan fingerprint density at radius 2 is 1.67 bits per heavy atom. The van der Waals surface area contributed by atoms with Gasteiger partial charge in [-0.05, 0) is 41.3 Å². The van der Waals surface area contributed by atoms with Gasteiger partial charge in [-0.1, -0.05) is 66.2 Å². The standard InChI is InChI=1S/C27H28N2O4/c1-18-5-7-19(8-6-18)15-28-26(32)25-14-24(31)16-29(25)27(33)23-4-2-3-22(13-23)21-11-9-20(17-30)10-12-21/h2-13,24-25,30-31H,14-17H2,1H3,(H,28,32)/t24-,25+/m1/s1. The zero-order valence-corrected chi connectivity index (χ0v) is 18.6. The van der Waals surface area contributed by atoms with E-state index >= 15 is 0 Å². The quantitative estimate of drug-likeness (QED) is 0.545. The molecule has 1 aliphatic heterocycles. The van der Waals surface area contributed by atoms with Crippen LogP contribution in [0, 0.1) is 6.92 Å². The SMILES string of the molecule is Cc1ccc(CNC(=O)[C@@H]2C[C@@H](O)CN2C(=O)c2cccc(-c3ccc(CO)cc3)c2)cc1. The van der Waals surface area contributed by atoms with Crippen molar-refractivity contribution in [1.29, 1.82) is 0 Å². The van der Waals surface area contributed by atoms with Crippen molar-refractivity contribution in [3.8, 4) is 11.1 Å². The number of aryl methyl sites for hydroxylation is 1. The minimum Gasteiger partial charge on any atom is -0.392 e. The van der Waals surface area contributed by atoms with Crippen molar-refractivity contribution in [2.75, 3.05) is 6.54 Å². The predicted molar refractivity (Wildman–Crippen MR) is 126 cm³/mol. The van der Waals surface area contributed by atoms with Gasteiger partial charge in [0.1, 0.15) is 6.04 Å². The van der Waals surface area contributed by atoms with Gasteiger partial charge in [0, 0.05) is 25.1 Å². The number of hydrogen-bond donors (Lipinski definition) is 3. The third-order valence-corrected chi connectivity index (χ3v) is 6.01. The summed E-state index contributed by atoms with van der Waals surface area (Å²) in [5, 5.41) is 22.4. The molecule has 0 bridgehead atoms. The lowest BCUT2D eigenvalue weighted by molar-refractivity contribution is -0.125. The molecule has 0 aliphatic carbocycles. The number of carbonyl (C=O) groups is 2. The molecular formula is C27H28N2O4. The van der Waals surface area contributed by atoms with Crippen LogP contribution in [0.3, 0.4) is 0 Å². The van der Waals surface area contributed by atoms with E-state index in [0.29, 0.717) is 12.1 Å². The number of nitrogens with zero attached hydrogens (tertiary/aromatic N) is 1. The largest absolute Gasteiger partial charge is 0.392 e. The van der Waals surface area contributed by atoms with E-state index < -0.39 is 12.1 Å². The van der Waals surface area contributed by atoms with E-state index in [9.17, 15) is 19.8 Å². The third-order valence-electron chi connectivity index (χ3n) is 6.01. The highest BCUT2D eigenvalue weighted by atomic mass is 16.3. The average molecular weight is 445 g/mol. The molecule has 0 radical (unpaired) electrons. The van der Waals surface area contributed by atoms with Crippen LogP contribution in [0.4, 0.5) is 0 Å². The molecule has 0 unspecified atom stereocenters. The van der Waals surface area contributed by atoms with Crippen LogP contribution in [0.15, 0.2) is 72.8 Å². The molecule has 1 heterocycles. The number of hydrogen-bond acceptors (Lipinski definition) is 4. The molecule has 6 nitrogen and oxygen atoms in total. The molecule has 2 amide bonds. The number of nitrogens with one attached hydrogen (secondary N) is 1. The van der Waals surface area contributed by atoms with Gasteiger partial charge >= 0.3 is 0 Å². The molecule has 2 atom stereocenters. The lowest BCUT2D eigenvalue weighted by Gasteiger charge is -2.24. The molecule has 1 saturated heterocycles. The molecular weight excluding hydrogens is 416 g/mol. The van der Waals surface area contributed by atoms with Gasteiger partial charge in [-0.3, -0.25) is 9.59 Å². The van der Waals surface area contributed by atoms with Crippen molar-refractivity contribution < 1.29 is 19.8 Å². The monoisotopic (exact) mass is 444 g/mol. The Balaban J connectivity index is 1.48. The maximum Gasteiger partial charge on any atom is 0.254 e. The van der Waals surface area contributed by atoms with Crippen molar-refractivity contribution in [2.45, 2.75) is 38.6 Å². The van der Waals surface area contributed by atoms with Crippen LogP contribution in [0.5, 0.6) is 0 Å². The number of aliphatic hydroxyl groups excluding tert-OH is 2. The summed E-state index contributed by atoms with van der Waals surface area (Å²) in [5.41, 5.74) is 5.19. The minimum atomic E-state index is -0.738. The summed E-state index contributed by atoms with van der Waals surface area (Å²) in [6.45, 7) is 2.47. The summed E-state index contributed by atoms with van der Waals surface area (Å²) in [5.74, 6) is -0.549. The molecule has 0 spiro atoms. The Hall–Kier alpha value is -3.48. The maximum atomic E-state index is 13.3. The summed E-state index contributed by atoms with van der Waals surface area (Å²) in [7, 11) is 0. The van der Waals surface area contributed by atoms with Gasteiger partial charge in [0.2, 0.25) is 5.91 Å². The molecule has 1 fully saturated rings. The number of rotatable bonds is 6. The Kier molecular flexibility index (Phi) is 6.87. The number of β-amino-alcohol motifs (C(OH)–C–C–N with tert-alkyl or cyclic N) is 1. The zero-order valence-electron chi connectivity index (χ0n) is 18.6. The van der Waals surface area contributed by atoms with E-state index in [2.05, 4.69) is 5.32 Å². The van der Waals surface area contributed by atoms with Crippen LogP contribution in [-0.2, 0) is 17.9 Å². The second-order valence-corrected chi connectivity index (χ2v) is 8.50. The lowest BCUT2D eigenvalue weighted by atomic mass is 10.0. The predicted octanol–water partition coefficient (Wildman–Crippen LogP) is 3.05. The molecule has 3 aromatic carbocycles. The minimum absolute atomic E-state index is 0.0243. The molecule has 33 heavy (non-hydrogen) atoms. The molecule has 3 N–H and O–H groups in total. The van der Waals surface area contributed by atoms with Crippen LogP contribution in [0.25, 0.3) is 11.1 Å². The molecule has 1 aliphatic rings. The normalized spacial score (nSPS) is 17.7. The van der Waals surface area contributed by atoms with E-state index in [1.54, 1.807) is 12.1 Å². The van der Waals surface area contributed by atoms with Crippen molar-refractivity contribution in [3.05, 3.63) is 95.1 Å². The summed E-state index contributed by atoms with van der Waals surface area (Å²) in [6, 6.07) is 21.9. The van der Waals surface area contributed by atoms with E-state index in [1.807, 2.05) is 67.6 Å². The fourth-order valence-electron chi connectivity index (χ4n) is 4.10. The first-order chi connectivity index (χ1) is 15.9. The van der Waals surface area contributed by atoms with Gasteiger partial charge in [0.25, 0.3) is 5.91 Å². The van der Waals surface area contributed by atoms with Crippen molar-refractivity contribution in [3.63, 3.8) is 0 Å². The Morgan fingerprint density at radius 3 is 2.36 bits per heavy atom. The first-order valence-electron chi connectivity index (χ1n) is 11.1. The Morgan fingerprint density at radius 1 is 0.970 bits per heavy atom. The average Bonchev–Trinajstić information content (AvgIpc) is 3.25. The highest BCUT2D eigenvalue weighted by Gasteiger charge is 2.39. The van der Waals surface area contributed by atoms with Gasteiger partial charge in [-0.15, -0.1) is 0 Å². The second-order valence-electron chi connectivity index (χ2n) is 8.50. The van der Waals surface area contributed by atoms with Gasteiger partial charge in [0.15, 0.2) is 0 Å². The summed E-state index contributed by atoms with van der Waals surface area (Å²) in [6.07, 6.45) is -0.522. The van der Waals surface area contributed by atoms with Crippen LogP contribution in [0.1, 0.15) is 33.5 Å². The van der Waals surface area contributed by atoms with Crippen molar-refractivity contribution in [1.82, 2.24) is 10.2 Å². The molecule has 3 aromatic rings. The zero-order chi connectivity index (χ0) is 23.4. The van der Waals surface area contributed by atoms with Crippen molar-refractivity contribution >= 4 is 11.8 Å². The van der Waals surface area contributed by atoms with Crippen molar-refractivity contribution in [2.24, 2.45) is 0 Å². The molecule has 6 heteroatoms. The fraction of sp³-hybridized carbons (Fsp3) is 0.259. The number of amides is 2. The Labute approximate surface area is 193 Å². The van der Waals surface area contributed by atoms with Gasteiger partial charge in [-0.25, -0.2) is 0 Å². The van der Waals surface area contributed by atoms with Crippen LogP contribution < -0.4 is 5.32 Å². The van der Waals surface area contributed by atoms with Crippen LogP contribution >= 0.6 is 0 Å². The smallest absolute Gasteiger partial charge is 0.254 e. The van der Waals surface area contributed by atoms with Gasteiger partial charge < -0.3 is 20.4 Å². The summed E-state index contributed by atoms with van der Waals surface area (Å²) < 4.78 is 0. The number of likely N-dealkylation sites (tertiary alicyclic amines) is 1. The lowest BCUT2D eigenvalue weighted by Crippen LogP contribution is -2.45. The summed E-state index contributed by atoms with van der Waals surface area (Å²) in [4.78, 5) is 27.7. The van der Waals surface area contributed by atoms with E-state index in [0.717, 1.165) is 27.8 Å². The topological polar surface area (TPSA) is 89.9 Å². The molecule has 0 aromatic heterocycles. The van der Waals surface area contributed by atoms with E-state index in [-0.39, 0.29) is 31.4 Å². The van der Waals surface area contributed by atoms with E-state index in [4.69, 9.17) is 0 Å². The fourth-order valence-corrected chi connectivity index (χ4v) is 4.10. The Bertz CT molecular complexity index is 1130. The van der Waals surface area contributed by atoms with Gasteiger partial charge in [0.05, 0.1) is 12.7 Å². The molecule has 170 valence electrons. The summed E-state index contributed by atoms with van der Waals surface area (Å²) >= 11 is 0. The number of benzene rings is 3.